The van der Waals surface area contributed by atoms with E-state index in [2.05, 4.69) is 0 Å². The Morgan fingerprint density at radius 2 is 2.08 bits per heavy atom. The molecular weight excluding hydrogens is 184 g/mol. The average molecular weight is 196 g/mol. The maximum absolute atomic E-state index is 9.22. The van der Waals surface area contributed by atoms with Crippen LogP contribution in [0.15, 0.2) is 0 Å². The quantitative estimate of drug-likeness (QED) is 0.424. The van der Waals surface area contributed by atoms with Gasteiger partial charge < -0.3 is 24.6 Å². The second-order valence-electron chi connectivity index (χ2n) is 2.69. The third-order valence-electron chi connectivity index (χ3n) is 1.83. The van der Waals surface area contributed by atoms with Crippen molar-refractivity contribution in [3.63, 3.8) is 0 Å². The van der Waals surface area contributed by atoms with Gasteiger partial charge in [-0.3, -0.25) is 0 Å². The fraction of sp³-hybridized carbons (Fsp3) is 1.00. The Bertz CT molecular complexity index is 144. The maximum Gasteiger partial charge on any atom is 0.131 e. The van der Waals surface area contributed by atoms with Gasteiger partial charge in [0.1, 0.15) is 17.6 Å². The minimum Gasteiger partial charge on any atom is -0.394 e. The summed E-state index contributed by atoms with van der Waals surface area (Å²) >= 11 is 0.466. The lowest BCUT2D eigenvalue weighted by atomic mass is 10.0. The van der Waals surface area contributed by atoms with Crippen LogP contribution in [0.3, 0.4) is 0 Å². The molecule has 1 heterocycles. The summed E-state index contributed by atoms with van der Waals surface area (Å²) in [6.45, 7) is -0.366. The van der Waals surface area contributed by atoms with E-state index < -0.39 is 23.7 Å². The molecule has 1 saturated heterocycles. The van der Waals surface area contributed by atoms with Crippen LogP contribution in [0, 0.1) is 0 Å². The molecule has 0 bridgehead atoms. The van der Waals surface area contributed by atoms with Crippen molar-refractivity contribution in [2.24, 2.45) is 0 Å². The number of aliphatic hydroxyl groups is 3. The molecular formula is C6H12O5S. The van der Waals surface area contributed by atoms with Gasteiger partial charge in [0.25, 0.3) is 0 Å². The highest BCUT2D eigenvalue weighted by Gasteiger charge is 2.36. The summed E-state index contributed by atoms with van der Waals surface area (Å²) < 4.78 is 13.6. The monoisotopic (exact) mass is 196 g/mol. The van der Waals surface area contributed by atoms with Crippen molar-refractivity contribution >= 4 is 12.0 Å². The predicted molar refractivity (Wildman–Crippen MR) is 42.6 cm³/mol. The van der Waals surface area contributed by atoms with Gasteiger partial charge in [-0.25, -0.2) is 0 Å². The Balaban J connectivity index is 2.52. The Kier molecular flexibility index (Phi) is 3.76. The molecule has 5 nitrogen and oxygen atoms in total. The second-order valence-corrected chi connectivity index (χ2v) is 3.42. The number of rotatable bonds is 2. The molecule has 0 aliphatic carbocycles. The van der Waals surface area contributed by atoms with E-state index in [1.54, 1.807) is 0 Å². The fourth-order valence-corrected chi connectivity index (χ4v) is 1.61. The van der Waals surface area contributed by atoms with Crippen LogP contribution in [0.2, 0.25) is 0 Å². The predicted octanol–water partition coefficient (Wildman–Crippen LogP) is -0.978. The van der Waals surface area contributed by atoms with Crippen molar-refractivity contribution in [3.8, 4) is 0 Å². The minimum atomic E-state index is -1.07. The first-order valence-corrected chi connectivity index (χ1v) is 4.45. The first-order valence-electron chi connectivity index (χ1n) is 3.61. The summed E-state index contributed by atoms with van der Waals surface area (Å²) in [5.74, 6) is 0. The van der Waals surface area contributed by atoms with E-state index in [4.69, 9.17) is 14.4 Å². The maximum atomic E-state index is 9.22. The SMILES string of the molecule is OCC1OC(SO)CC(O)C1O. The van der Waals surface area contributed by atoms with E-state index in [0.29, 0.717) is 12.0 Å². The molecule has 1 aliphatic heterocycles. The van der Waals surface area contributed by atoms with E-state index in [1.165, 1.54) is 0 Å². The van der Waals surface area contributed by atoms with Gasteiger partial charge in [-0.05, 0) is 0 Å². The summed E-state index contributed by atoms with van der Waals surface area (Å²) in [5.41, 5.74) is -0.569. The van der Waals surface area contributed by atoms with Crippen LogP contribution in [0.1, 0.15) is 6.42 Å². The van der Waals surface area contributed by atoms with E-state index in [-0.39, 0.29) is 13.0 Å². The Hall–Kier alpha value is 0.150. The lowest BCUT2D eigenvalue weighted by molar-refractivity contribution is -0.157. The molecule has 1 aliphatic rings. The van der Waals surface area contributed by atoms with E-state index in [9.17, 15) is 10.2 Å². The zero-order valence-corrected chi connectivity index (χ0v) is 7.15. The topological polar surface area (TPSA) is 90.2 Å². The molecule has 0 aromatic rings. The fourth-order valence-electron chi connectivity index (χ4n) is 1.13. The van der Waals surface area contributed by atoms with Crippen molar-refractivity contribution in [1.29, 1.82) is 0 Å². The zero-order valence-electron chi connectivity index (χ0n) is 6.33. The largest absolute Gasteiger partial charge is 0.394 e. The molecule has 6 heteroatoms. The summed E-state index contributed by atoms with van der Waals surface area (Å²) in [5, 5.41) is 27.1. The molecule has 0 saturated carbocycles. The molecule has 12 heavy (non-hydrogen) atoms. The lowest BCUT2D eigenvalue weighted by Gasteiger charge is -2.34. The molecule has 4 N–H and O–H groups in total. The van der Waals surface area contributed by atoms with Crippen LogP contribution in [0.25, 0.3) is 0 Å². The summed E-state index contributed by atoms with van der Waals surface area (Å²) in [7, 11) is 0. The van der Waals surface area contributed by atoms with E-state index in [1.807, 2.05) is 0 Å². The minimum absolute atomic E-state index is 0.166. The van der Waals surface area contributed by atoms with Crippen molar-refractivity contribution < 1.29 is 24.6 Å². The van der Waals surface area contributed by atoms with Crippen molar-refractivity contribution in [1.82, 2.24) is 0 Å². The Morgan fingerprint density at radius 1 is 1.42 bits per heavy atom. The molecule has 0 radical (unpaired) electrons. The highest BCUT2D eigenvalue weighted by atomic mass is 32.2. The van der Waals surface area contributed by atoms with Crippen LogP contribution >= 0.6 is 12.0 Å². The van der Waals surface area contributed by atoms with Crippen LogP contribution in [-0.2, 0) is 4.74 Å². The molecule has 0 amide bonds. The smallest absolute Gasteiger partial charge is 0.131 e. The molecule has 0 aromatic heterocycles. The first kappa shape index (κ1) is 10.2. The molecule has 72 valence electrons. The molecule has 0 spiro atoms. The molecule has 1 rings (SSSR count). The van der Waals surface area contributed by atoms with E-state index in [0.717, 1.165) is 0 Å². The van der Waals surface area contributed by atoms with Crippen LogP contribution in [0.5, 0.6) is 0 Å². The van der Waals surface area contributed by atoms with Gasteiger partial charge in [0.2, 0.25) is 0 Å². The van der Waals surface area contributed by atoms with Crippen LogP contribution in [0.4, 0.5) is 0 Å². The molecule has 4 unspecified atom stereocenters. The lowest BCUT2D eigenvalue weighted by Crippen LogP contribution is -2.48. The number of ether oxygens (including phenoxy) is 1. The van der Waals surface area contributed by atoms with Gasteiger partial charge in [-0.15, -0.1) is 0 Å². The number of aliphatic hydroxyl groups excluding tert-OH is 3. The third-order valence-corrected chi connectivity index (χ3v) is 2.37. The highest BCUT2D eigenvalue weighted by Crippen LogP contribution is 2.25. The Labute approximate surface area is 74.2 Å². The van der Waals surface area contributed by atoms with E-state index >= 15 is 0 Å². The van der Waals surface area contributed by atoms with Crippen molar-refractivity contribution in [2.75, 3.05) is 6.61 Å². The zero-order chi connectivity index (χ0) is 9.14. The molecule has 4 atom stereocenters. The van der Waals surface area contributed by atoms with Gasteiger partial charge in [-0.1, -0.05) is 0 Å². The Morgan fingerprint density at radius 3 is 2.58 bits per heavy atom. The van der Waals surface area contributed by atoms with Crippen molar-refractivity contribution in [2.45, 2.75) is 30.2 Å². The standard InChI is InChI=1S/C6H12O5S/c7-2-4-6(9)3(8)1-5(11-4)12-10/h3-10H,1-2H2. The third kappa shape index (κ3) is 2.09. The van der Waals surface area contributed by atoms with Gasteiger partial charge in [0.15, 0.2) is 0 Å². The van der Waals surface area contributed by atoms with Crippen molar-refractivity contribution in [3.05, 3.63) is 0 Å². The molecule has 1 fully saturated rings. The van der Waals surface area contributed by atoms with Gasteiger partial charge in [0.05, 0.1) is 12.7 Å². The van der Waals surface area contributed by atoms with Crippen LogP contribution < -0.4 is 0 Å². The van der Waals surface area contributed by atoms with Gasteiger partial charge in [-0.2, -0.15) is 0 Å². The van der Waals surface area contributed by atoms with Gasteiger partial charge >= 0.3 is 0 Å². The number of hydrogen-bond acceptors (Lipinski definition) is 6. The summed E-state index contributed by atoms with van der Waals surface area (Å²) in [6.07, 6.45) is -2.66. The highest BCUT2D eigenvalue weighted by molar-refractivity contribution is 7.94. The van der Waals surface area contributed by atoms with Crippen LogP contribution in [-0.4, -0.2) is 50.2 Å². The molecule has 0 aromatic carbocycles. The summed E-state index contributed by atoms with van der Waals surface area (Å²) in [6, 6.07) is 0. The first-order chi connectivity index (χ1) is 5.69. The second kappa shape index (κ2) is 4.40. The summed E-state index contributed by atoms with van der Waals surface area (Å²) in [4.78, 5) is 0. The number of hydrogen-bond donors (Lipinski definition) is 4. The average Bonchev–Trinajstić information content (AvgIpc) is 2.09. The normalized spacial score (nSPS) is 43.0. The van der Waals surface area contributed by atoms with Gasteiger partial charge in [0, 0.05) is 18.5 Å².